The standard InChI is InChI=1S/C14H14BrF2NO3/c15-11-2-1-9(7-10(11)13(20)21)18-12(19)8-3-5-14(16,17)6-4-8/h1-2,7-8H,3-6H2,(H,18,19)(H,20,21). The number of carbonyl (C=O) groups is 2. The third-order valence-electron chi connectivity index (χ3n) is 3.55. The van der Waals surface area contributed by atoms with Gasteiger partial charge < -0.3 is 10.4 Å². The molecule has 1 fully saturated rings. The van der Waals surface area contributed by atoms with E-state index in [1.54, 1.807) is 6.07 Å². The van der Waals surface area contributed by atoms with E-state index in [1.165, 1.54) is 12.1 Å². The third kappa shape index (κ3) is 4.00. The monoisotopic (exact) mass is 361 g/mol. The molecule has 0 aliphatic heterocycles. The lowest BCUT2D eigenvalue weighted by Crippen LogP contribution is -2.31. The molecule has 2 rings (SSSR count). The molecule has 0 spiro atoms. The van der Waals surface area contributed by atoms with Crippen LogP contribution in [0.2, 0.25) is 0 Å². The first-order chi connectivity index (χ1) is 9.78. The number of anilines is 1. The maximum atomic E-state index is 13.1. The average Bonchev–Trinajstić information content (AvgIpc) is 2.40. The number of benzene rings is 1. The van der Waals surface area contributed by atoms with Crippen LogP contribution < -0.4 is 5.32 Å². The molecule has 1 aromatic carbocycles. The first-order valence-corrected chi connectivity index (χ1v) is 7.29. The number of nitrogens with one attached hydrogen (secondary N) is 1. The Balaban J connectivity index is 2.03. The summed E-state index contributed by atoms with van der Waals surface area (Å²) >= 11 is 3.11. The number of alkyl halides is 2. The number of carbonyl (C=O) groups excluding carboxylic acids is 1. The summed E-state index contributed by atoms with van der Waals surface area (Å²) in [5.41, 5.74) is 0.376. The van der Waals surface area contributed by atoms with E-state index >= 15 is 0 Å². The molecular formula is C14H14BrF2NO3. The molecule has 0 atom stereocenters. The minimum absolute atomic E-state index is 0.0305. The summed E-state index contributed by atoms with van der Waals surface area (Å²) in [6.45, 7) is 0. The van der Waals surface area contributed by atoms with Crippen molar-refractivity contribution in [2.24, 2.45) is 5.92 Å². The van der Waals surface area contributed by atoms with E-state index in [4.69, 9.17) is 5.11 Å². The van der Waals surface area contributed by atoms with Gasteiger partial charge in [-0.2, -0.15) is 0 Å². The van der Waals surface area contributed by atoms with Gasteiger partial charge in [0.2, 0.25) is 11.8 Å². The summed E-state index contributed by atoms with van der Waals surface area (Å²) in [6.07, 6.45) is -0.292. The zero-order valence-corrected chi connectivity index (χ0v) is 12.6. The van der Waals surface area contributed by atoms with Gasteiger partial charge in [-0.05, 0) is 47.0 Å². The van der Waals surface area contributed by atoms with E-state index in [-0.39, 0.29) is 37.2 Å². The van der Waals surface area contributed by atoms with Crippen LogP contribution in [0.4, 0.5) is 14.5 Å². The quantitative estimate of drug-likeness (QED) is 0.857. The SMILES string of the molecule is O=C(O)c1cc(NC(=O)C2CCC(F)(F)CC2)ccc1Br. The number of hydrogen-bond donors (Lipinski definition) is 2. The molecule has 0 bridgehead atoms. The predicted octanol–water partition coefficient (Wildman–Crippen LogP) is 3.91. The number of halogens is 3. The molecule has 2 N–H and O–H groups in total. The molecule has 1 aliphatic rings. The summed E-state index contributed by atoms with van der Waals surface area (Å²) in [6, 6.07) is 4.42. The van der Waals surface area contributed by atoms with Crippen molar-refractivity contribution < 1.29 is 23.5 Å². The summed E-state index contributed by atoms with van der Waals surface area (Å²) in [4.78, 5) is 23.0. The number of carboxylic acids is 1. The van der Waals surface area contributed by atoms with Crippen LogP contribution in [0.5, 0.6) is 0 Å². The van der Waals surface area contributed by atoms with E-state index in [2.05, 4.69) is 21.2 Å². The van der Waals surface area contributed by atoms with Gasteiger partial charge in [0.15, 0.2) is 0 Å². The number of hydrogen-bond acceptors (Lipinski definition) is 2. The van der Waals surface area contributed by atoms with Crippen LogP contribution in [0.15, 0.2) is 22.7 Å². The maximum absolute atomic E-state index is 13.1. The van der Waals surface area contributed by atoms with Crippen LogP contribution >= 0.6 is 15.9 Å². The van der Waals surface area contributed by atoms with E-state index in [1.807, 2.05) is 0 Å². The Morgan fingerprint density at radius 1 is 1.29 bits per heavy atom. The predicted molar refractivity (Wildman–Crippen MR) is 76.6 cm³/mol. The van der Waals surface area contributed by atoms with E-state index in [0.29, 0.717) is 10.2 Å². The Morgan fingerprint density at radius 3 is 2.48 bits per heavy atom. The molecular weight excluding hydrogens is 348 g/mol. The second kappa shape index (κ2) is 6.09. The Morgan fingerprint density at radius 2 is 1.90 bits per heavy atom. The van der Waals surface area contributed by atoms with E-state index in [0.717, 1.165) is 0 Å². The normalized spacial score (nSPS) is 18.2. The molecule has 1 aliphatic carbocycles. The second-order valence-electron chi connectivity index (χ2n) is 5.12. The largest absolute Gasteiger partial charge is 0.478 e. The fraction of sp³-hybridized carbons (Fsp3) is 0.429. The number of amides is 1. The number of carboxylic acid groups (broad SMARTS) is 1. The van der Waals surface area contributed by atoms with Crippen LogP contribution in [0.1, 0.15) is 36.0 Å². The zero-order valence-electron chi connectivity index (χ0n) is 11.0. The minimum atomic E-state index is -2.68. The molecule has 114 valence electrons. The lowest BCUT2D eigenvalue weighted by molar-refractivity contribution is -0.124. The Hall–Kier alpha value is -1.50. The summed E-state index contributed by atoms with van der Waals surface area (Å²) < 4.78 is 26.5. The highest BCUT2D eigenvalue weighted by Gasteiger charge is 2.37. The van der Waals surface area contributed by atoms with Crippen molar-refractivity contribution in [2.75, 3.05) is 5.32 Å². The zero-order chi connectivity index (χ0) is 15.6. The van der Waals surface area contributed by atoms with Crippen molar-refractivity contribution in [1.82, 2.24) is 0 Å². The fourth-order valence-corrected chi connectivity index (χ4v) is 2.73. The minimum Gasteiger partial charge on any atom is -0.478 e. The van der Waals surface area contributed by atoms with Crippen LogP contribution in [0.3, 0.4) is 0 Å². The highest BCUT2D eigenvalue weighted by atomic mass is 79.9. The van der Waals surface area contributed by atoms with Crippen molar-refractivity contribution in [1.29, 1.82) is 0 Å². The highest BCUT2D eigenvalue weighted by molar-refractivity contribution is 9.10. The molecule has 1 amide bonds. The average molecular weight is 362 g/mol. The highest BCUT2D eigenvalue weighted by Crippen LogP contribution is 2.36. The van der Waals surface area contributed by atoms with Gasteiger partial charge in [0, 0.05) is 28.9 Å². The van der Waals surface area contributed by atoms with Crippen LogP contribution in [-0.4, -0.2) is 22.9 Å². The van der Waals surface area contributed by atoms with Crippen molar-refractivity contribution in [3.8, 4) is 0 Å². The fourth-order valence-electron chi connectivity index (χ4n) is 2.31. The first-order valence-electron chi connectivity index (χ1n) is 6.50. The molecule has 1 saturated carbocycles. The Labute approximate surface area is 128 Å². The van der Waals surface area contributed by atoms with Gasteiger partial charge in [-0.25, -0.2) is 13.6 Å². The summed E-state index contributed by atoms with van der Waals surface area (Å²) in [5.74, 6) is -4.59. The van der Waals surface area contributed by atoms with Gasteiger partial charge >= 0.3 is 5.97 Å². The van der Waals surface area contributed by atoms with Gasteiger partial charge in [0.25, 0.3) is 0 Å². The molecule has 0 radical (unpaired) electrons. The summed E-state index contributed by atoms with van der Waals surface area (Å²) in [5, 5.41) is 11.6. The molecule has 0 heterocycles. The van der Waals surface area contributed by atoms with Crippen LogP contribution in [-0.2, 0) is 4.79 Å². The van der Waals surface area contributed by atoms with Crippen molar-refractivity contribution in [2.45, 2.75) is 31.6 Å². The summed E-state index contributed by atoms with van der Waals surface area (Å²) in [7, 11) is 0. The molecule has 1 aromatic rings. The molecule has 0 aromatic heterocycles. The lowest BCUT2D eigenvalue weighted by Gasteiger charge is -2.27. The van der Waals surface area contributed by atoms with Crippen LogP contribution in [0.25, 0.3) is 0 Å². The van der Waals surface area contributed by atoms with Crippen molar-refractivity contribution in [3.63, 3.8) is 0 Å². The van der Waals surface area contributed by atoms with E-state index < -0.39 is 17.8 Å². The van der Waals surface area contributed by atoms with Gasteiger partial charge in [0.05, 0.1) is 5.56 Å². The third-order valence-corrected chi connectivity index (χ3v) is 4.24. The molecule has 4 nitrogen and oxygen atoms in total. The van der Waals surface area contributed by atoms with Crippen molar-refractivity contribution in [3.05, 3.63) is 28.2 Å². The van der Waals surface area contributed by atoms with Gasteiger partial charge in [-0.1, -0.05) is 0 Å². The second-order valence-corrected chi connectivity index (χ2v) is 5.97. The van der Waals surface area contributed by atoms with Gasteiger partial charge in [-0.3, -0.25) is 4.79 Å². The topological polar surface area (TPSA) is 66.4 Å². The van der Waals surface area contributed by atoms with Gasteiger partial charge in [-0.15, -0.1) is 0 Å². The van der Waals surface area contributed by atoms with E-state index in [9.17, 15) is 18.4 Å². The van der Waals surface area contributed by atoms with Gasteiger partial charge in [0.1, 0.15) is 0 Å². The maximum Gasteiger partial charge on any atom is 0.336 e. The number of rotatable bonds is 3. The Bertz CT molecular complexity index is 567. The van der Waals surface area contributed by atoms with Crippen molar-refractivity contribution >= 4 is 33.5 Å². The molecule has 7 heteroatoms. The number of aromatic carboxylic acids is 1. The Kier molecular flexibility index (Phi) is 4.61. The molecule has 0 saturated heterocycles. The molecule has 21 heavy (non-hydrogen) atoms. The smallest absolute Gasteiger partial charge is 0.336 e. The van der Waals surface area contributed by atoms with Crippen LogP contribution in [0, 0.1) is 5.92 Å². The first kappa shape index (κ1) is 15.9. The lowest BCUT2D eigenvalue weighted by atomic mass is 9.86. The molecule has 0 unspecified atom stereocenters.